The van der Waals surface area contributed by atoms with Crippen molar-refractivity contribution in [3.63, 3.8) is 0 Å². The molecule has 2 heterocycles. The number of para-hydroxylation sites is 1. The van der Waals surface area contributed by atoms with Crippen LogP contribution >= 0.6 is 11.3 Å². The number of fused-ring (bicyclic) bond motifs is 3. The normalized spacial score (nSPS) is 11.5. The Labute approximate surface area is 171 Å². The van der Waals surface area contributed by atoms with Crippen molar-refractivity contribution in [2.45, 2.75) is 26.2 Å². The number of thiazole rings is 1. The number of aromatic nitrogens is 1. The second-order valence-electron chi connectivity index (χ2n) is 7.88. The molecule has 0 spiro atoms. The van der Waals surface area contributed by atoms with E-state index in [0.29, 0.717) is 16.0 Å². The molecule has 144 valence electrons. The molecular weight excluding hydrogens is 382 g/mol. The SMILES string of the molecule is CC(C)(C)c1ccc(C(=O)Nc2cc(C#N)c3sc4ccccc4n3c2=O)cc1. The number of anilines is 1. The van der Waals surface area contributed by atoms with Crippen LogP contribution in [0.15, 0.2) is 59.4 Å². The summed E-state index contributed by atoms with van der Waals surface area (Å²) in [7, 11) is 0. The maximum absolute atomic E-state index is 13.1. The Morgan fingerprint density at radius 1 is 1.10 bits per heavy atom. The molecule has 29 heavy (non-hydrogen) atoms. The number of carbonyl (C=O) groups is 1. The van der Waals surface area contributed by atoms with E-state index in [2.05, 4.69) is 32.2 Å². The minimum atomic E-state index is -0.383. The fraction of sp³-hybridized carbons (Fsp3) is 0.174. The van der Waals surface area contributed by atoms with Crippen LogP contribution in [0.4, 0.5) is 5.69 Å². The van der Waals surface area contributed by atoms with E-state index >= 15 is 0 Å². The molecule has 0 fully saturated rings. The molecule has 0 aliphatic rings. The third-order valence-electron chi connectivity index (χ3n) is 4.85. The Bertz CT molecular complexity index is 1350. The van der Waals surface area contributed by atoms with Gasteiger partial charge in [-0.05, 0) is 41.3 Å². The van der Waals surface area contributed by atoms with Gasteiger partial charge < -0.3 is 5.32 Å². The number of rotatable bonds is 2. The lowest BCUT2D eigenvalue weighted by atomic mass is 9.87. The summed E-state index contributed by atoms with van der Waals surface area (Å²) >= 11 is 1.38. The van der Waals surface area contributed by atoms with Crippen LogP contribution in [0.2, 0.25) is 0 Å². The molecule has 0 radical (unpaired) electrons. The molecular formula is C23H19N3O2S. The van der Waals surface area contributed by atoms with Crippen LogP contribution in [0.5, 0.6) is 0 Å². The van der Waals surface area contributed by atoms with Crippen molar-refractivity contribution in [1.29, 1.82) is 5.26 Å². The van der Waals surface area contributed by atoms with Crippen molar-refractivity contribution in [3.05, 3.63) is 81.6 Å². The third kappa shape index (κ3) is 3.30. The zero-order valence-electron chi connectivity index (χ0n) is 16.3. The smallest absolute Gasteiger partial charge is 0.280 e. The molecule has 4 aromatic rings. The standard InChI is InChI=1S/C23H19N3O2S/c1-23(2,3)16-10-8-14(9-11-16)20(27)25-17-12-15(13-24)22-26(21(17)28)18-6-4-5-7-19(18)29-22/h4-12H,1-3H3,(H,25,27). The van der Waals surface area contributed by atoms with E-state index in [0.717, 1.165) is 15.8 Å². The lowest BCUT2D eigenvalue weighted by molar-refractivity contribution is 0.102. The number of pyridine rings is 1. The molecule has 0 aliphatic heterocycles. The van der Waals surface area contributed by atoms with Gasteiger partial charge in [-0.2, -0.15) is 5.26 Å². The van der Waals surface area contributed by atoms with Gasteiger partial charge in [0.2, 0.25) is 0 Å². The summed E-state index contributed by atoms with van der Waals surface area (Å²) in [6, 6.07) is 18.4. The molecule has 0 unspecified atom stereocenters. The Morgan fingerprint density at radius 2 is 1.79 bits per heavy atom. The Morgan fingerprint density at radius 3 is 2.45 bits per heavy atom. The van der Waals surface area contributed by atoms with Crippen molar-refractivity contribution in [2.24, 2.45) is 0 Å². The van der Waals surface area contributed by atoms with Gasteiger partial charge in [0.1, 0.15) is 16.6 Å². The summed E-state index contributed by atoms with van der Waals surface area (Å²) in [6.45, 7) is 6.31. The first-order valence-corrected chi connectivity index (χ1v) is 10.0. The van der Waals surface area contributed by atoms with Crippen LogP contribution in [0.25, 0.3) is 15.0 Å². The summed E-state index contributed by atoms with van der Waals surface area (Å²) in [6.07, 6.45) is 0. The van der Waals surface area contributed by atoms with E-state index in [-0.39, 0.29) is 22.6 Å². The number of nitrogens with zero attached hydrogens (tertiary/aromatic N) is 2. The predicted molar refractivity (Wildman–Crippen MR) is 117 cm³/mol. The molecule has 0 saturated carbocycles. The quantitative estimate of drug-likeness (QED) is 0.517. The van der Waals surface area contributed by atoms with E-state index in [4.69, 9.17) is 0 Å². The summed E-state index contributed by atoms with van der Waals surface area (Å²) in [5.74, 6) is -0.383. The number of nitriles is 1. The molecule has 2 aromatic carbocycles. The first kappa shape index (κ1) is 18.9. The van der Waals surface area contributed by atoms with Crippen LogP contribution in [-0.4, -0.2) is 10.3 Å². The monoisotopic (exact) mass is 401 g/mol. The highest BCUT2D eigenvalue weighted by molar-refractivity contribution is 7.24. The molecule has 2 aromatic heterocycles. The summed E-state index contributed by atoms with van der Waals surface area (Å²) in [5.41, 5.74) is 2.37. The summed E-state index contributed by atoms with van der Waals surface area (Å²) in [5, 5.41) is 12.2. The zero-order valence-corrected chi connectivity index (χ0v) is 17.1. The zero-order chi connectivity index (χ0) is 20.8. The lowest BCUT2D eigenvalue weighted by Gasteiger charge is -2.19. The second kappa shape index (κ2) is 6.87. The van der Waals surface area contributed by atoms with Crippen molar-refractivity contribution in [1.82, 2.24) is 4.40 Å². The maximum atomic E-state index is 13.1. The van der Waals surface area contributed by atoms with Gasteiger partial charge in [-0.3, -0.25) is 14.0 Å². The minimum absolute atomic E-state index is 0.0133. The Hall–Kier alpha value is -3.43. The fourth-order valence-corrected chi connectivity index (χ4v) is 4.34. The topological polar surface area (TPSA) is 74.4 Å². The number of hydrogen-bond donors (Lipinski definition) is 1. The first-order chi connectivity index (χ1) is 13.8. The fourth-order valence-electron chi connectivity index (χ4n) is 3.24. The largest absolute Gasteiger partial charge is 0.317 e. The Kier molecular flexibility index (Phi) is 4.48. The lowest BCUT2D eigenvalue weighted by Crippen LogP contribution is -2.22. The number of hydrogen-bond acceptors (Lipinski definition) is 4. The van der Waals surface area contributed by atoms with Gasteiger partial charge in [-0.15, -0.1) is 11.3 Å². The van der Waals surface area contributed by atoms with Crippen LogP contribution in [0.1, 0.15) is 42.3 Å². The van der Waals surface area contributed by atoms with E-state index in [1.807, 2.05) is 36.4 Å². The molecule has 0 bridgehead atoms. The number of amides is 1. The third-order valence-corrected chi connectivity index (χ3v) is 6.01. The second-order valence-corrected chi connectivity index (χ2v) is 8.91. The van der Waals surface area contributed by atoms with Gasteiger partial charge in [0.15, 0.2) is 0 Å². The highest BCUT2D eigenvalue weighted by Crippen LogP contribution is 2.28. The van der Waals surface area contributed by atoms with E-state index in [1.165, 1.54) is 21.8 Å². The number of benzene rings is 2. The molecule has 5 nitrogen and oxygen atoms in total. The average Bonchev–Trinajstić information content (AvgIpc) is 3.09. The molecule has 4 rings (SSSR count). The van der Waals surface area contributed by atoms with E-state index in [1.54, 1.807) is 12.1 Å². The summed E-state index contributed by atoms with van der Waals surface area (Å²) in [4.78, 5) is 26.4. The number of nitrogens with one attached hydrogen (secondary N) is 1. The van der Waals surface area contributed by atoms with Crippen molar-refractivity contribution in [2.75, 3.05) is 5.32 Å². The predicted octanol–water partition coefficient (Wildman–Crippen LogP) is 4.94. The van der Waals surface area contributed by atoms with Crippen LogP contribution in [0.3, 0.4) is 0 Å². The van der Waals surface area contributed by atoms with Gasteiger partial charge in [-0.25, -0.2) is 0 Å². The average molecular weight is 401 g/mol. The molecule has 1 amide bonds. The van der Waals surface area contributed by atoms with Crippen LogP contribution in [-0.2, 0) is 5.41 Å². The Balaban J connectivity index is 1.77. The summed E-state index contributed by atoms with van der Waals surface area (Å²) < 4.78 is 2.40. The maximum Gasteiger partial charge on any atom is 0.280 e. The first-order valence-electron chi connectivity index (χ1n) is 9.19. The van der Waals surface area contributed by atoms with Gasteiger partial charge in [0.05, 0.1) is 15.8 Å². The van der Waals surface area contributed by atoms with Crippen LogP contribution in [0, 0.1) is 11.3 Å². The van der Waals surface area contributed by atoms with E-state index in [9.17, 15) is 14.9 Å². The minimum Gasteiger partial charge on any atom is -0.317 e. The molecule has 0 atom stereocenters. The van der Waals surface area contributed by atoms with Gasteiger partial charge >= 0.3 is 0 Å². The molecule has 0 aliphatic carbocycles. The highest BCUT2D eigenvalue weighted by Gasteiger charge is 2.18. The molecule has 1 N–H and O–H groups in total. The van der Waals surface area contributed by atoms with Gasteiger partial charge in [0, 0.05) is 5.56 Å². The number of carbonyl (C=O) groups excluding carboxylic acids is 1. The van der Waals surface area contributed by atoms with Crippen molar-refractivity contribution >= 4 is 38.0 Å². The van der Waals surface area contributed by atoms with E-state index < -0.39 is 0 Å². The van der Waals surface area contributed by atoms with Crippen molar-refractivity contribution in [3.8, 4) is 6.07 Å². The molecule has 6 heteroatoms. The van der Waals surface area contributed by atoms with Crippen LogP contribution < -0.4 is 10.9 Å². The van der Waals surface area contributed by atoms with Crippen molar-refractivity contribution < 1.29 is 4.79 Å². The van der Waals surface area contributed by atoms with Gasteiger partial charge in [0.25, 0.3) is 11.5 Å². The highest BCUT2D eigenvalue weighted by atomic mass is 32.1. The van der Waals surface area contributed by atoms with Gasteiger partial charge in [-0.1, -0.05) is 45.0 Å². The molecule has 0 saturated heterocycles.